The molecular weight excluding hydrogens is 225 g/mol. The number of hydrogen-bond acceptors (Lipinski definition) is 4. The van der Waals surface area contributed by atoms with Gasteiger partial charge in [-0.25, -0.2) is 0 Å². The lowest BCUT2D eigenvalue weighted by molar-refractivity contribution is -0.0704. The monoisotopic (exact) mass is 243 g/mol. The highest BCUT2D eigenvalue weighted by Gasteiger charge is 2.28. The van der Waals surface area contributed by atoms with Crippen molar-refractivity contribution in [3.63, 3.8) is 0 Å². The van der Waals surface area contributed by atoms with Crippen LogP contribution < -0.4 is 5.32 Å². The lowest BCUT2D eigenvalue weighted by Crippen LogP contribution is -2.48. The van der Waals surface area contributed by atoms with E-state index in [1.165, 1.54) is 0 Å². The molecule has 0 amide bonds. The summed E-state index contributed by atoms with van der Waals surface area (Å²) in [5, 5.41) is 3.35. The van der Waals surface area contributed by atoms with Gasteiger partial charge in [0.05, 0.1) is 12.2 Å². The van der Waals surface area contributed by atoms with E-state index in [2.05, 4.69) is 19.2 Å². The molecule has 7 heteroatoms. The predicted octanol–water partition coefficient (Wildman–Crippen LogP) is 0.924. The Morgan fingerprint density at radius 3 is 2.13 bits per heavy atom. The molecular formula is C8H18FNO4S. The molecule has 92 valence electrons. The Balaban J connectivity index is 0.000000336. The van der Waals surface area contributed by atoms with Crippen molar-refractivity contribution in [3.8, 4) is 0 Å². The van der Waals surface area contributed by atoms with Crippen molar-refractivity contribution >= 4 is 10.5 Å². The summed E-state index contributed by atoms with van der Waals surface area (Å²) < 4.78 is 39.8. The third kappa shape index (κ3) is 7.66. The molecule has 1 saturated heterocycles. The van der Waals surface area contributed by atoms with Gasteiger partial charge in [0.2, 0.25) is 0 Å². The molecule has 1 aliphatic rings. The molecule has 1 heterocycles. The number of rotatable bonds is 2. The second-order valence-corrected chi connectivity index (χ2v) is 4.15. The molecule has 0 saturated carbocycles. The summed E-state index contributed by atoms with van der Waals surface area (Å²) in [5.74, 6) is 0. The summed E-state index contributed by atoms with van der Waals surface area (Å²) in [6.45, 7) is 7.30. The van der Waals surface area contributed by atoms with Gasteiger partial charge >= 0.3 is 10.5 Å². The highest BCUT2D eigenvalue weighted by Crippen LogP contribution is 2.20. The molecule has 2 N–H and O–H groups in total. The van der Waals surface area contributed by atoms with Crippen LogP contribution in [-0.4, -0.2) is 38.3 Å². The quantitative estimate of drug-likeness (QED) is 0.557. The van der Waals surface area contributed by atoms with E-state index >= 15 is 0 Å². The van der Waals surface area contributed by atoms with Crippen LogP contribution in [0.5, 0.6) is 0 Å². The van der Waals surface area contributed by atoms with Gasteiger partial charge in [-0.05, 0) is 12.8 Å². The Hall–Kier alpha value is -0.240. The van der Waals surface area contributed by atoms with Gasteiger partial charge in [0.1, 0.15) is 0 Å². The fourth-order valence-electron chi connectivity index (χ4n) is 1.41. The van der Waals surface area contributed by atoms with Crippen LogP contribution >= 0.6 is 0 Å². The standard InChI is InChI=1S/C8H17NO.FHO3S/c1-3-8(4-2)7-9-5-6-10-8;1-5(2,3)4/h9H,3-7H2,1-2H3;(H,2,3,4). The first-order chi connectivity index (χ1) is 6.83. The van der Waals surface area contributed by atoms with Crippen LogP contribution in [0.3, 0.4) is 0 Å². The van der Waals surface area contributed by atoms with Gasteiger partial charge in [-0.15, -0.1) is 0 Å². The minimum absolute atomic E-state index is 0.151. The van der Waals surface area contributed by atoms with Crippen LogP contribution in [0.4, 0.5) is 3.89 Å². The average molecular weight is 243 g/mol. The molecule has 0 radical (unpaired) electrons. The normalized spacial score (nSPS) is 20.3. The number of nitrogens with one attached hydrogen (secondary N) is 1. The third-order valence-corrected chi connectivity index (χ3v) is 2.42. The minimum Gasteiger partial charge on any atom is -0.372 e. The molecule has 0 unspecified atom stereocenters. The SMILES string of the molecule is CCC1(CC)CNCCO1.O=S(=O)(O)F. The summed E-state index contributed by atoms with van der Waals surface area (Å²) in [7, 11) is -5.17. The largest absolute Gasteiger partial charge is 0.435 e. The second kappa shape index (κ2) is 6.37. The lowest BCUT2D eigenvalue weighted by Gasteiger charge is -2.36. The van der Waals surface area contributed by atoms with Crippen molar-refractivity contribution < 1.29 is 21.6 Å². The van der Waals surface area contributed by atoms with Gasteiger partial charge in [0.15, 0.2) is 0 Å². The molecule has 0 atom stereocenters. The fraction of sp³-hybridized carbons (Fsp3) is 1.00. The maximum atomic E-state index is 10.2. The van der Waals surface area contributed by atoms with Gasteiger partial charge < -0.3 is 10.1 Å². The molecule has 5 nitrogen and oxygen atoms in total. The maximum Gasteiger partial charge on any atom is 0.435 e. The topological polar surface area (TPSA) is 75.6 Å². The average Bonchev–Trinajstić information content (AvgIpc) is 2.16. The smallest absolute Gasteiger partial charge is 0.372 e. The van der Waals surface area contributed by atoms with E-state index in [-0.39, 0.29) is 5.60 Å². The van der Waals surface area contributed by atoms with Crippen LogP contribution in [0, 0.1) is 0 Å². The maximum absolute atomic E-state index is 10.2. The highest BCUT2D eigenvalue weighted by molar-refractivity contribution is 7.80. The van der Waals surface area contributed by atoms with E-state index in [9.17, 15) is 3.89 Å². The predicted molar refractivity (Wildman–Crippen MR) is 54.8 cm³/mol. The second-order valence-electron chi connectivity index (χ2n) is 3.33. The van der Waals surface area contributed by atoms with Crippen molar-refractivity contribution in [2.75, 3.05) is 19.7 Å². The van der Waals surface area contributed by atoms with Crippen LogP contribution in [0.15, 0.2) is 0 Å². The Morgan fingerprint density at radius 1 is 1.47 bits per heavy atom. The Kier molecular flexibility index (Phi) is 6.26. The van der Waals surface area contributed by atoms with E-state index in [0.717, 1.165) is 32.5 Å². The van der Waals surface area contributed by atoms with E-state index in [1.54, 1.807) is 0 Å². The highest BCUT2D eigenvalue weighted by atomic mass is 32.3. The minimum atomic E-state index is -5.17. The van der Waals surface area contributed by atoms with Crippen molar-refractivity contribution in [1.29, 1.82) is 0 Å². The summed E-state index contributed by atoms with van der Waals surface area (Å²) in [6.07, 6.45) is 2.24. The molecule has 1 aliphatic heterocycles. The summed E-state index contributed by atoms with van der Waals surface area (Å²) in [6, 6.07) is 0. The van der Waals surface area contributed by atoms with Crippen LogP contribution in [-0.2, 0) is 15.2 Å². The van der Waals surface area contributed by atoms with Gasteiger partial charge in [-0.1, -0.05) is 17.7 Å². The molecule has 0 aromatic heterocycles. The van der Waals surface area contributed by atoms with Crippen LogP contribution in [0.2, 0.25) is 0 Å². The van der Waals surface area contributed by atoms with Crippen LogP contribution in [0.25, 0.3) is 0 Å². The number of ether oxygens (including phenoxy) is 1. The van der Waals surface area contributed by atoms with Gasteiger partial charge in [0, 0.05) is 13.1 Å². The number of morpholine rings is 1. The third-order valence-electron chi connectivity index (χ3n) is 2.42. The summed E-state index contributed by atoms with van der Waals surface area (Å²) in [5.41, 5.74) is 0.151. The van der Waals surface area contributed by atoms with E-state index in [1.807, 2.05) is 0 Å². The molecule has 0 aromatic carbocycles. The first-order valence-corrected chi connectivity index (χ1v) is 6.19. The Morgan fingerprint density at radius 2 is 1.93 bits per heavy atom. The van der Waals surface area contributed by atoms with Gasteiger partial charge in [-0.2, -0.15) is 8.42 Å². The first kappa shape index (κ1) is 14.8. The number of hydrogen-bond donors (Lipinski definition) is 2. The molecule has 0 bridgehead atoms. The van der Waals surface area contributed by atoms with Crippen LogP contribution in [0.1, 0.15) is 26.7 Å². The first-order valence-electron chi connectivity index (χ1n) is 4.84. The zero-order valence-corrected chi connectivity index (χ0v) is 9.81. The zero-order valence-electron chi connectivity index (χ0n) is 8.99. The molecule has 1 rings (SSSR count). The van der Waals surface area contributed by atoms with Gasteiger partial charge in [0.25, 0.3) is 0 Å². The molecule has 0 aliphatic carbocycles. The lowest BCUT2D eigenvalue weighted by atomic mass is 9.96. The van der Waals surface area contributed by atoms with Crippen molar-refractivity contribution in [2.45, 2.75) is 32.3 Å². The van der Waals surface area contributed by atoms with Crippen molar-refractivity contribution in [1.82, 2.24) is 5.32 Å². The summed E-state index contributed by atoms with van der Waals surface area (Å²) >= 11 is 0. The number of halogens is 1. The van der Waals surface area contributed by atoms with Gasteiger partial charge in [-0.3, -0.25) is 4.55 Å². The molecule has 0 spiro atoms. The Labute approximate surface area is 90.0 Å². The molecule has 0 aromatic rings. The van der Waals surface area contributed by atoms with E-state index in [0.29, 0.717) is 0 Å². The molecule has 15 heavy (non-hydrogen) atoms. The fourth-order valence-corrected chi connectivity index (χ4v) is 1.41. The Bertz CT molecular complexity index is 248. The van der Waals surface area contributed by atoms with Crippen molar-refractivity contribution in [3.05, 3.63) is 0 Å². The van der Waals surface area contributed by atoms with E-state index < -0.39 is 10.5 Å². The van der Waals surface area contributed by atoms with Crippen molar-refractivity contribution in [2.24, 2.45) is 0 Å². The molecule has 1 fully saturated rings. The zero-order chi connectivity index (χ0) is 11.9. The summed E-state index contributed by atoms with van der Waals surface area (Å²) in [4.78, 5) is 0. The van der Waals surface area contributed by atoms with E-state index in [4.69, 9.17) is 17.7 Å².